The lowest BCUT2D eigenvalue weighted by Crippen LogP contribution is -2.46. The molecule has 1 heterocycles. The number of fused-ring (bicyclic) bond motifs is 1. The van der Waals surface area contributed by atoms with Crippen molar-refractivity contribution in [2.24, 2.45) is 0 Å². The van der Waals surface area contributed by atoms with E-state index in [0.29, 0.717) is 0 Å². The molecule has 1 N–H and O–H groups in total. The molecule has 1 aromatic heterocycles. The van der Waals surface area contributed by atoms with Gasteiger partial charge in [-0.15, -0.1) is 0 Å². The average molecular weight is 362 g/mol. The monoisotopic (exact) mass is 362 g/mol. The number of carbonyl (C=O) groups is 2. The molecule has 6 nitrogen and oxygen atoms in total. The average Bonchev–Trinajstić information content (AvgIpc) is 2.87. The Labute approximate surface area is 153 Å². The second kappa shape index (κ2) is 7.91. The zero-order valence-corrected chi connectivity index (χ0v) is 16.3. The van der Waals surface area contributed by atoms with Crippen LogP contribution in [-0.2, 0) is 16.1 Å². The van der Waals surface area contributed by atoms with Gasteiger partial charge in [-0.3, -0.25) is 9.59 Å². The van der Waals surface area contributed by atoms with E-state index < -0.39 is 0 Å². The number of hydrogen-bond donors (Lipinski definition) is 1. The lowest BCUT2D eigenvalue weighted by Gasteiger charge is -2.23. The van der Waals surface area contributed by atoms with Gasteiger partial charge < -0.3 is 14.8 Å². The number of aromatic nitrogens is 2. The minimum Gasteiger partial charge on any atom is -0.350 e. The van der Waals surface area contributed by atoms with E-state index in [4.69, 9.17) is 0 Å². The molecule has 0 unspecified atom stereocenters. The molecule has 25 heavy (non-hydrogen) atoms. The van der Waals surface area contributed by atoms with E-state index in [1.165, 1.54) is 16.7 Å². The summed E-state index contributed by atoms with van der Waals surface area (Å²) in [5.74, 6) is 0.000669. The molecule has 136 valence electrons. The largest absolute Gasteiger partial charge is 0.350 e. The summed E-state index contributed by atoms with van der Waals surface area (Å²) in [5, 5.41) is 3.68. The third-order valence-electron chi connectivity index (χ3n) is 3.58. The molecule has 2 aromatic rings. The SMILES string of the molecule is CCn1c(SCC(=O)N(C)CC(=O)NC(C)(C)C)nc2ccccc21. The quantitative estimate of drug-likeness (QED) is 0.802. The lowest BCUT2D eigenvalue weighted by atomic mass is 10.1. The Kier molecular flexibility index (Phi) is 6.11. The van der Waals surface area contributed by atoms with Crippen molar-refractivity contribution in [1.82, 2.24) is 19.8 Å². The molecule has 0 spiro atoms. The zero-order chi connectivity index (χ0) is 18.6. The van der Waals surface area contributed by atoms with Crippen LogP contribution in [0.1, 0.15) is 27.7 Å². The Hall–Kier alpha value is -2.02. The van der Waals surface area contributed by atoms with Gasteiger partial charge in [0, 0.05) is 19.1 Å². The van der Waals surface area contributed by atoms with Gasteiger partial charge in [-0.2, -0.15) is 0 Å². The Balaban J connectivity index is 1.96. The molecule has 0 fully saturated rings. The maximum Gasteiger partial charge on any atom is 0.240 e. The van der Waals surface area contributed by atoms with Gasteiger partial charge in [-0.1, -0.05) is 23.9 Å². The molecule has 1 aromatic carbocycles. The van der Waals surface area contributed by atoms with Crippen LogP contribution >= 0.6 is 11.8 Å². The lowest BCUT2D eigenvalue weighted by molar-refractivity contribution is -0.133. The third kappa shape index (κ3) is 5.22. The first-order valence-corrected chi connectivity index (χ1v) is 9.33. The fraction of sp³-hybridized carbons (Fsp3) is 0.500. The Morgan fingerprint density at radius 2 is 1.96 bits per heavy atom. The summed E-state index contributed by atoms with van der Waals surface area (Å²) in [5.41, 5.74) is 1.69. The number of carbonyl (C=O) groups excluding carboxylic acids is 2. The van der Waals surface area contributed by atoms with Crippen molar-refractivity contribution in [3.05, 3.63) is 24.3 Å². The second-order valence-electron chi connectivity index (χ2n) is 6.96. The minimum absolute atomic E-state index is 0.0564. The molecule has 0 saturated carbocycles. The Morgan fingerprint density at radius 1 is 1.28 bits per heavy atom. The Morgan fingerprint density at radius 3 is 2.60 bits per heavy atom. The number of likely N-dealkylation sites (N-methyl/N-ethyl adjacent to an activating group) is 1. The Bertz CT molecular complexity index is 764. The number of nitrogens with one attached hydrogen (secondary N) is 1. The molecular formula is C18H26N4O2S. The summed E-state index contributed by atoms with van der Waals surface area (Å²) >= 11 is 1.40. The number of para-hydroxylation sites is 2. The van der Waals surface area contributed by atoms with E-state index in [9.17, 15) is 9.59 Å². The summed E-state index contributed by atoms with van der Waals surface area (Å²) in [6.45, 7) is 8.65. The van der Waals surface area contributed by atoms with Crippen molar-refractivity contribution in [2.45, 2.75) is 44.9 Å². The van der Waals surface area contributed by atoms with Gasteiger partial charge >= 0.3 is 0 Å². The van der Waals surface area contributed by atoms with Gasteiger partial charge in [-0.25, -0.2) is 4.98 Å². The smallest absolute Gasteiger partial charge is 0.240 e. The first-order valence-electron chi connectivity index (χ1n) is 8.34. The molecule has 0 saturated heterocycles. The second-order valence-corrected chi connectivity index (χ2v) is 7.91. The molecule has 0 radical (unpaired) electrons. The molecule has 0 aliphatic carbocycles. The normalized spacial score (nSPS) is 11.6. The highest BCUT2D eigenvalue weighted by molar-refractivity contribution is 7.99. The van der Waals surface area contributed by atoms with Crippen LogP contribution in [0.25, 0.3) is 11.0 Å². The maximum atomic E-state index is 12.3. The van der Waals surface area contributed by atoms with E-state index in [-0.39, 0.29) is 29.7 Å². The van der Waals surface area contributed by atoms with Crippen LogP contribution in [0, 0.1) is 0 Å². The van der Waals surface area contributed by atoms with E-state index in [0.717, 1.165) is 22.7 Å². The third-order valence-corrected chi connectivity index (χ3v) is 4.54. The van der Waals surface area contributed by atoms with Crippen molar-refractivity contribution >= 4 is 34.6 Å². The van der Waals surface area contributed by atoms with Crippen molar-refractivity contribution < 1.29 is 9.59 Å². The first-order chi connectivity index (χ1) is 11.7. The minimum atomic E-state index is -0.304. The summed E-state index contributed by atoms with van der Waals surface area (Å²) in [4.78, 5) is 30.3. The predicted octanol–water partition coefficient (Wildman–Crippen LogP) is 2.52. The number of nitrogens with zero attached hydrogens (tertiary/aromatic N) is 3. The summed E-state index contributed by atoms with van der Waals surface area (Å²) in [6.07, 6.45) is 0. The highest BCUT2D eigenvalue weighted by Crippen LogP contribution is 2.24. The van der Waals surface area contributed by atoms with Crippen LogP contribution in [0.4, 0.5) is 0 Å². The summed E-state index contributed by atoms with van der Waals surface area (Å²) in [6, 6.07) is 7.94. The molecule has 0 aliphatic rings. The van der Waals surface area contributed by atoms with E-state index in [2.05, 4.69) is 21.8 Å². The van der Waals surface area contributed by atoms with Gasteiger partial charge in [0.15, 0.2) is 5.16 Å². The van der Waals surface area contributed by atoms with Crippen LogP contribution in [-0.4, -0.2) is 51.1 Å². The fourth-order valence-electron chi connectivity index (χ4n) is 2.47. The van der Waals surface area contributed by atoms with Crippen LogP contribution < -0.4 is 5.32 Å². The fourth-order valence-corrected chi connectivity index (χ4v) is 3.49. The van der Waals surface area contributed by atoms with E-state index >= 15 is 0 Å². The molecular weight excluding hydrogens is 336 g/mol. The highest BCUT2D eigenvalue weighted by Gasteiger charge is 2.19. The molecule has 0 bridgehead atoms. The van der Waals surface area contributed by atoms with Crippen LogP contribution in [0.15, 0.2) is 29.4 Å². The number of rotatable bonds is 6. The van der Waals surface area contributed by atoms with Gasteiger partial charge in [0.05, 0.1) is 23.3 Å². The topological polar surface area (TPSA) is 67.2 Å². The van der Waals surface area contributed by atoms with Crippen molar-refractivity contribution in [1.29, 1.82) is 0 Å². The van der Waals surface area contributed by atoms with Crippen molar-refractivity contribution in [3.63, 3.8) is 0 Å². The standard InChI is InChI=1S/C18H26N4O2S/c1-6-22-14-10-8-7-9-13(14)19-17(22)25-12-16(24)21(5)11-15(23)20-18(2,3)4/h7-10H,6,11-12H2,1-5H3,(H,20,23). The number of imidazole rings is 1. The number of aryl methyl sites for hydroxylation is 1. The first kappa shape index (κ1) is 19.3. The molecule has 2 rings (SSSR count). The predicted molar refractivity (Wildman–Crippen MR) is 102 cm³/mol. The summed E-state index contributed by atoms with van der Waals surface area (Å²) < 4.78 is 2.10. The number of benzene rings is 1. The highest BCUT2D eigenvalue weighted by atomic mass is 32.2. The van der Waals surface area contributed by atoms with Crippen LogP contribution in [0.5, 0.6) is 0 Å². The van der Waals surface area contributed by atoms with E-state index in [1.807, 2.05) is 45.0 Å². The van der Waals surface area contributed by atoms with Gasteiger partial charge in [0.2, 0.25) is 11.8 Å². The van der Waals surface area contributed by atoms with Gasteiger partial charge in [0.25, 0.3) is 0 Å². The van der Waals surface area contributed by atoms with Crippen LogP contribution in [0.3, 0.4) is 0 Å². The van der Waals surface area contributed by atoms with Crippen LogP contribution in [0.2, 0.25) is 0 Å². The van der Waals surface area contributed by atoms with Crippen molar-refractivity contribution in [2.75, 3.05) is 19.3 Å². The molecule has 7 heteroatoms. The molecule has 0 aliphatic heterocycles. The maximum absolute atomic E-state index is 12.3. The summed E-state index contributed by atoms with van der Waals surface area (Å²) in [7, 11) is 1.65. The van der Waals surface area contributed by atoms with E-state index in [1.54, 1.807) is 7.05 Å². The van der Waals surface area contributed by atoms with Crippen molar-refractivity contribution in [3.8, 4) is 0 Å². The number of hydrogen-bond acceptors (Lipinski definition) is 4. The number of amides is 2. The molecule has 0 atom stereocenters. The number of thioether (sulfide) groups is 1. The zero-order valence-electron chi connectivity index (χ0n) is 15.5. The molecule has 2 amide bonds. The van der Waals surface area contributed by atoms with Gasteiger partial charge in [0.1, 0.15) is 0 Å². The van der Waals surface area contributed by atoms with Gasteiger partial charge in [-0.05, 0) is 39.8 Å².